The molecular formula is C15H18F3NO3. The number of halogens is 3. The predicted octanol–water partition coefficient (Wildman–Crippen LogP) is 3.06. The first-order valence-electron chi connectivity index (χ1n) is 7.03. The van der Waals surface area contributed by atoms with Crippen LogP contribution in [0, 0.1) is 12.8 Å². The molecule has 1 heterocycles. The lowest BCUT2D eigenvalue weighted by Gasteiger charge is -2.30. The highest BCUT2D eigenvalue weighted by Crippen LogP contribution is 2.32. The number of aliphatic carboxylic acids is 1. The first kappa shape index (κ1) is 16.6. The van der Waals surface area contributed by atoms with Gasteiger partial charge < -0.3 is 15.2 Å². The van der Waals surface area contributed by atoms with Crippen molar-refractivity contribution >= 4 is 5.97 Å². The van der Waals surface area contributed by atoms with Crippen molar-refractivity contribution in [1.29, 1.82) is 0 Å². The van der Waals surface area contributed by atoms with Crippen molar-refractivity contribution in [3.8, 4) is 5.75 Å². The summed E-state index contributed by atoms with van der Waals surface area (Å²) in [7, 11) is 0. The Hall–Kier alpha value is -1.76. The van der Waals surface area contributed by atoms with Crippen LogP contribution in [0.4, 0.5) is 13.2 Å². The van der Waals surface area contributed by atoms with E-state index in [-0.39, 0.29) is 24.0 Å². The SMILES string of the molecule is Cc1cc(C2CNCC(CC(=O)O)C2)ccc1OC(F)(F)F. The van der Waals surface area contributed by atoms with Crippen LogP contribution in [0.25, 0.3) is 0 Å². The minimum Gasteiger partial charge on any atom is -0.481 e. The molecule has 0 aliphatic carbocycles. The Balaban J connectivity index is 2.09. The number of nitrogens with one attached hydrogen (secondary N) is 1. The first-order chi connectivity index (χ1) is 10.2. The molecular weight excluding hydrogens is 299 g/mol. The van der Waals surface area contributed by atoms with Gasteiger partial charge in [-0.1, -0.05) is 12.1 Å². The van der Waals surface area contributed by atoms with Crippen LogP contribution in [0.1, 0.15) is 29.9 Å². The predicted molar refractivity (Wildman–Crippen MR) is 73.8 cm³/mol. The first-order valence-corrected chi connectivity index (χ1v) is 7.03. The van der Waals surface area contributed by atoms with Crippen molar-refractivity contribution < 1.29 is 27.8 Å². The van der Waals surface area contributed by atoms with Crippen molar-refractivity contribution in [1.82, 2.24) is 5.32 Å². The molecule has 2 rings (SSSR count). The quantitative estimate of drug-likeness (QED) is 0.896. The summed E-state index contributed by atoms with van der Waals surface area (Å²) in [6, 6.07) is 4.61. The molecule has 2 atom stereocenters. The molecule has 2 N–H and O–H groups in total. The molecule has 122 valence electrons. The summed E-state index contributed by atoms with van der Waals surface area (Å²) in [5, 5.41) is 12.0. The van der Waals surface area contributed by atoms with Gasteiger partial charge in [0.05, 0.1) is 0 Å². The van der Waals surface area contributed by atoms with Crippen LogP contribution in [0.5, 0.6) is 5.75 Å². The van der Waals surface area contributed by atoms with E-state index < -0.39 is 12.3 Å². The van der Waals surface area contributed by atoms with Crippen molar-refractivity contribution in [3.63, 3.8) is 0 Å². The van der Waals surface area contributed by atoms with Gasteiger partial charge in [0.2, 0.25) is 0 Å². The number of benzene rings is 1. The van der Waals surface area contributed by atoms with Gasteiger partial charge in [-0.15, -0.1) is 13.2 Å². The Morgan fingerprint density at radius 2 is 2.14 bits per heavy atom. The average Bonchev–Trinajstić information content (AvgIpc) is 2.39. The summed E-state index contributed by atoms with van der Waals surface area (Å²) >= 11 is 0. The van der Waals surface area contributed by atoms with Crippen molar-refractivity contribution in [2.75, 3.05) is 13.1 Å². The Labute approximate surface area is 126 Å². The van der Waals surface area contributed by atoms with Crippen molar-refractivity contribution in [2.24, 2.45) is 5.92 Å². The zero-order valence-corrected chi connectivity index (χ0v) is 12.1. The number of hydrogen-bond acceptors (Lipinski definition) is 3. The number of hydrogen-bond donors (Lipinski definition) is 2. The highest BCUT2D eigenvalue weighted by Gasteiger charge is 2.32. The maximum Gasteiger partial charge on any atom is 0.573 e. The summed E-state index contributed by atoms with van der Waals surface area (Å²) in [5.41, 5.74) is 1.31. The number of carboxylic acid groups (broad SMARTS) is 1. The number of piperidine rings is 1. The van der Waals surface area contributed by atoms with Gasteiger partial charge in [-0.25, -0.2) is 0 Å². The summed E-state index contributed by atoms with van der Waals surface area (Å²) in [4.78, 5) is 10.8. The molecule has 1 aliphatic heterocycles. The smallest absolute Gasteiger partial charge is 0.481 e. The van der Waals surface area contributed by atoms with Crippen molar-refractivity contribution in [3.05, 3.63) is 29.3 Å². The molecule has 1 aromatic carbocycles. The lowest BCUT2D eigenvalue weighted by molar-refractivity contribution is -0.274. The van der Waals surface area contributed by atoms with Gasteiger partial charge in [-0.05, 0) is 48.9 Å². The maximum absolute atomic E-state index is 12.3. The van der Waals surface area contributed by atoms with E-state index in [1.54, 1.807) is 19.1 Å². The molecule has 0 saturated carbocycles. The molecule has 0 spiro atoms. The number of rotatable bonds is 4. The minimum absolute atomic E-state index is 0.0302. The highest BCUT2D eigenvalue weighted by atomic mass is 19.4. The second-order valence-corrected chi connectivity index (χ2v) is 5.63. The molecule has 1 saturated heterocycles. The zero-order chi connectivity index (χ0) is 16.3. The molecule has 0 aromatic heterocycles. The van der Waals surface area contributed by atoms with Crippen LogP contribution in [0.3, 0.4) is 0 Å². The lowest BCUT2D eigenvalue weighted by Crippen LogP contribution is -2.36. The van der Waals surface area contributed by atoms with Crippen LogP contribution in [-0.4, -0.2) is 30.5 Å². The van der Waals surface area contributed by atoms with E-state index in [4.69, 9.17) is 5.11 Å². The number of alkyl halides is 3. The second-order valence-electron chi connectivity index (χ2n) is 5.63. The standard InChI is InChI=1S/C15H18F3NO3/c1-9-4-11(2-3-13(9)22-15(16,17)18)12-5-10(6-14(20)21)7-19-8-12/h2-4,10,12,19H,5-8H2,1H3,(H,20,21). The van der Waals surface area contributed by atoms with Crippen LogP contribution < -0.4 is 10.1 Å². The van der Waals surface area contributed by atoms with Gasteiger partial charge in [0.1, 0.15) is 5.75 Å². The van der Waals surface area contributed by atoms with E-state index in [0.717, 1.165) is 5.56 Å². The van der Waals surface area contributed by atoms with Gasteiger partial charge in [-0.2, -0.15) is 0 Å². The largest absolute Gasteiger partial charge is 0.573 e. The molecule has 1 aliphatic rings. The molecule has 0 radical (unpaired) electrons. The van der Waals surface area contributed by atoms with Gasteiger partial charge in [0, 0.05) is 13.0 Å². The Morgan fingerprint density at radius 3 is 2.73 bits per heavy atom. The molecule has 7 heteroatoms. The fourth-order valence-electron chi connectivity index (χ4n) is 2.85. The molecule has 1 fully saturated rings. The van der Waals surface area contributed by atoms with E-state index >= 15 is 0 Å². The third kappa shape index (κ3) is 4.62. The van der Waals surface area contributed by atoms with Crippen LogP contribution >= 0.6 is 0 Å². The minimum atomic E-state index is -4.70. The summed E-state index contributed by atoms with van der Waals surface area (Å²) in [5.74, 6) is -0.918. The molecule has 1 aromatic rings. The number of ether oxygens (including phenoxy) is 1. The van der Waals surface area contributed by atoms with Gasteiger partial charge in [0.15, 0.2) is 0 Å². The normalized spacial score (nSPS) is 22.4. The van der Waals surface area contributed by atoms with Gasteiger partial charge in [-0.3, -0.25) is 4.79 Å². The van der Waals surface area contributed by atoms with Crippen LogP contribution in [-0.2, 0) is 4.79 Å². The monoisotopic (exact) mass is 317 g/mol. The van der Waals surface area contributed by atoms with Crippen LogP contribution in [0.15, 0.2) is 18.2 Å². The molecule has 0 bridgehead atoms. The number of carbonyl (C=O) groups is 1. The number of carboxylic acids is 1. The Morgan fingerprint density at radius 1 is 1.41 bits per heavy atom. The third-order valence-electron chi connectivity index (χ3n) is 3.80. The molecule has 2 unspecified atom stereocenters. The van der Waals surface area contributed by atoms with Crippen LogP contribution in [0.2, 0.25) is 0 Å². The second kappa shape index (κ2) is 6.56. The van der Waals surface area contributed by atoms with E-state index in [2.05, 4.69) is 10.1 Å². The lowest BCUT2D eigenvalue weighted by atomic mass is 9.83. The zero-order valence-electron chi connectivity index (χ0n) is 12.1. The topological polar surface area (TPSA) is 58.6 Å². The number of aryl methyl sites for hydroxylation is 1. The molecule has 0 amide bonds. The van der Waals surface area contributed by atoms with E-state index in [9.17, 15) is 18.0 Å². The van der Waals surface area contributed by atoms with E-state index in [1.807, 2.05) is 0 Å². The summed E-state index contributed by atoms with van der Waals surface area (Å²) in [6.07, 6.45) is -3.90. The van der Waals surface area contributed by atoms with Crippen molar-refractivity contribution in [2.45, 2.75) is 32.0 Å². The summed E-state index contributed by atoms with van der Waals surface area (Å²) in [6.45, 7) is 2.90. The molecule has 4 nitrogen and oxygen atoms in total. The fraction of sp³-hybridized carbons (Fsp3) is 0.533. The van der Waals surface area contributed by atoms with E-state index in [0.29, 0.717) is 25.1 Å². The summed E-state index contributed by atoms with van der Waals surface area (Å²) < 4.78 is 40.7. The maximum atomic E-state index is 12.3. The average molecular weight is 317 g/mol. The van der Waals surface area contributed by atoms with E-state index in [1.165, 1.54) is 6.07 Å². The molecule has 22 heavy (non-hydrogen) atoms. The highest BCUT2D eigenvalue weighted by molar-refractivity contribution is 5.67. The third-order valence-corrected chi connectivity index (χ3v) is 3.80. The van der Waals surface area contributed by atoms with Gasteiger partial charge in [0.25, 0.3) is 0 Å². The Kier molecular flexibility index (Phi) is 4.95. The van der Waals surface area contributed by atoms with Gasteiger partial charge >= 0.3 is 12.3 Å². The fourth-order valence-corrected chi connectivity index (χ4v) is 2.85. The Bertz CT molecular complexity index is 545.